The summed E-state index contributed by atoms with van der Waals surface area (Å²) in [6.07, 6.45) is 0.703. The minimum absolute atomic E-state index is 0. The van der Waals surface area contributed by atoms with Gasteiger partial charge in [0.15, 0.2) is 5.13 Å². The molecule has 1 aliphatic heterocycles. The van der Waals surface area contributed by atoms with E-state index < -0.39 is 17.5 Å². The molecule has 166 valence electrons. The lowest BCUT2D eigenvalue weighted by atomic mass is 10.1. The maximum atomic E-state index is 14.3. The fraction of sp³-hybridized carbons (Fsp3) is 0.333. The van der Waals surface area contributed by atoms with E-state index in [1.54, 1.807) is 0 Å². The highest BCUT2D eigenvalue weighted by Gasteiger charge is 2.24. The van der Waals surface area contributed by atoms with Gasteiger partial charge in [0, 0.05) is 36.7 Å². The molecule has 0 bridgehead atoms. The summed E-state index contributed by atoms with van der Waals surface area (Å²) in [4.78, 5) is 21.5. The molecule has 0 N–H and O–H groups in total. The lowest BCUT2D eigenvalue weighted by molar-refractivity contribution is 0.0376. The number of halogens is 4. The first-order chi connectivity index (χ1) is 14.5. The van der Waals surface area contributed by atoms with E-state index >= 15 is 0 Å². The van der Waals surface area contributed by atoms with Gasteiger partial charge < -0.3 is 4.74 Å². The first-order valence-corrected chi connectivity index (χ1v) is 11.3. The third-order valence-electron chi connectivity index (χ3n) is 4.94. The predicted molar refractivity (Wildman–Crippen MR) is 124 cm³/mol. The van der Waals surface area contributed by atoms with Crippen molar-refractivity contribution in [1.29, 1.82) is 0 Å². The van der Waals surface area contributed by atoms with Gasteiger partial charge in [-0.1, -0.05) is 27.3 Å². The summed E-state index contributed by atoms with van der Waals surface area (Å²) in [5.74, 6) is -2.11. The van der Waals surface area contributed by atoms with Crippen LogP contribution in [0.4, 0.5) is 13.9 Å². The number of aromatic nitrogens is 1. The van der Waals surface area contributed by atoms with Crippen molar-refractivity contribution < 1.29 is 18.3 Å². The Morgan fingerprint density at radius 1 is 1.19 bits per heavy atom. The summed E-state index contributed by atoms with van der Waals surface area (Å²) in [7, 11) is 0. The number of hydrogen-bond donors (Lipinski definition) is 0. The molecule has 4 rings (SSSR count). The van der Waals surface area contributed by atoms with Crippen LogP contribution in [0.2, 0.25) is 0 Å². The number of morpholine rings is 1. The Balaban J connectivity index is 0.00000272. The van der Waals surface area contributed by atoms with Gasteiger partial charge in [-0.15, -0.1) is 12.4 Å². The van der Waals surface area contributed by atoms with Crippen LogP contribution in [0.15, 0.2) is 40.9 Å². The highest BCUT2D eigenvalue weighted by molar-refractivity contribution is 9.10. The number of fused-ring (bicyclic) bond motifs is 1. The Hall–Kier alpha value is -1.65. The zero-order chi connectivity index (χ0) is 21.1. The molecule has 31 heavy (non-hydrogen) atoms. The number of nitrogens with zero attached hydrogens (tertiary/aromatic N) is 3. The number of hydrogen-bond acceptors (Lipinski definition) is 5. The van der Waals surface area contributed by atoms with Crippen LogP contribution in [0.25, 0.3) is 10.2 Å². The maximum absolute atomic E-state index is 14.3. The number of anilines is 1. The number of thiazole rings is 1. The molecular weight excluding hydrogens is 512 g/mol. The second kappa shape index (κ2) is 10.8. The first-order valence-electron chi connectivity index (χ1n) is 9.64. The van der Waals surface area contributed by atoms with E-state index in [0.717, 1.165) is 46.5 Å². The number of ether oxygens (including phenoxy) is 1. The summed E-state index contributed by atoms with van der Waals surface area (Å²) in [6, 6.07) is 8.70. The van der Waals surface area contributed by atoms with Crippen LogP contribution in [-0.4, -0.2) is 55.2 Å². The van der Waals surface area contributed by atoms with E-state index in [2.05, 4.69) is 25.8 Å². The van der Waals surface area contributed by atoms with Crippen molar-refractivity contribution in [3.8, 4) is 0 Å². The van der Waals surface area contributed by atoms with Gasteiger partial charge in [-0.2, -0.15) is 0 Å². The first kappa shape index (κ1) is 24.0. The molecular formula is C21H21BrClF2N3O2S. The molecule has 0 saturated carbocycles. The van der Waals surface area contributed by atoms with E-state index in [1.807, 2.05) is 18.2 Å². The lowest BCUT2D eigenvalue weighted by Gasteiger charge is -2.27. The third-order valence-corrected chi connectivity index (χ3v) is 6.47. The Morgan fingerprint density at radius 3 is 2.71 bits per heavy atom. The normalized spacial score (nSPS) is 14.4. The second-order valence-corrected chi connectivity index (χ2v) is 8.92. The summed E-state index contributed by atoms with van der Waals surface area (Å²) in [5.41, 5.74) is 0.604. The van der Waals surface area contributed by atoms with Crippen molar-refractivity contribution in [3.63, 3.8) is 0 Å². The minimum atomic E-state index is -0.873. The second-order valence-electron chi connectivity index (χ2n) is 7.00. The smallest absolute Gasteiger partial charge is 0.263 e. The van der Waals surface area contributed by atoms with Crippen molar-refractivity contribution in [2.24, 2.45) is 0 Å². The molecule has 10 heteroatoms. The zero-order valence-electron chi connectivity index (χ0n) is 16.5. The van der Waals surface area contributed by atoms with Crippen LogP contribution < -0.4 is 4.90 Å². The molecule has 0 unspecified atom stereocenters. The van der Waals surface area contributed by atoms with Gasteiger partial charge in [0.05, 0.1) is 29.0 Å². The quantitative estimate of drug-likeness (QED) is 0.442. The summed E-state index contributed by atoms with van der Waals surface area (Å²) < 4.78 is 34.8. The van der Waals surface area contributed by atoms with Gasteiger partial charge in [0.2, 0.25) is 0 Å². The molecule has 1 fully saturated rings. The van der Waals surface area contributed by atoms with Gasteiger partial charge in [0.25, 0.3) is 5.91 Å². The molecule has 0 atom stereocenters. The summed E-state index contributed by atoms with van der Waals surface area (Å²) >= 11 is 4.82. The molecule has 1 saturated heterocycles. The fourth-order valence-electron chi connectivity index (χ4n) is 3.37. The van der Waals surface area contributed by atoms with Crippen molar-refractivity contribution >= 4 is 60.9 Å². The van der Waals surface area contributed by atoms with E-state index in [4.69, 9.17) is 4.74 Å². The Kier molecular flexibility index (Phi) is 8.35. The number of rotatable bonds is 6. The molecule has 1 aliphatic rings. The van der Waals surface area contributed by atoms with Crippen LogP contribution >= 0.6 is 39.7 Å². The van der Waals surface area contributed by atoms with Crippen molar-refractivity contribution in [3.05, 3.63) is 58.1 Å². The molecule has 1 amide bonds. The van der Waals surface area contributed by atoms with Crippen molar-refractivity contribution in [1.82, 2.24) is 9.88 Å². The molecule has 0 radical (unpaired) electrons. The van der Waals surface area contributed by atoms with Crippen LogP contribution in [0.5, 0.6) is 0 Å². The molecule has 0 aliphatic carbocycles. The number of amides is 1. The van der Waals surface area contributed by atoms with Gasteiger partial charge in [0.1, 0.15) is 11.6 Å². The molecule has 3 aromatic rings. The average Bonchev–Trinajstić information content (AvgIpc) is 3.14. The minimum Gasteiger partial charge on any atom is -0.379 e. The Labute approximate surface area is 197 Å². The van der Waals surface area contributed by atoms with Gasteiger partial charge in [-0.3, -0.25) is 14.6 Å². The van der Waals surface area contributed by atoms with E-state index in [9.17, 15) is 13.6 Å². The van der Waals surface area contributed by atoms with Crippen LogP contribution in [0.3, 0.4) is 0 Å². The van der Waals surface area contributed by atoms with Crippen molar-refractivity contribution in [2.45, 2.75) is 6.42 Å². The topological polar surface area (TPSA) is 45.7 Å². The molecule has 1 aromatic heterocycles. The standard InChI is InChI=1S/C21H20BrF2N3O2S.ClH/c22-14-2-5-18-19(12-14)30-21(25-18)27(7-1-6-26-8-10-29-11-9-26)20(28)16-4-3-15(23)13-17(16)24;/h2-5,12-13H,1,6-11H2;1H. The Bertz CT molecular complexity index is 1060. The van der Waals surface area contributed by atoms with Crippen LogP contribution in [0.1, 0.15) is 16.8 Å². The molecule has 0 spiro atoms. The SMILES string of the molecule is Cl.O=C(c1ccc(F)cc1F)N(CCCN1CCOCC1)c1nc2ccc(Br)cc2s1. The number of carbonyl (C=O) groups is 1. The third kappa shape index (κ3) is 5.78. The number of benzene rings is 2. The Morgan fingerprint density at radius 2 is 1.97 bits per heavy atom. The van der Waals surface area contributed by atoms with E-state index in [-0.39, 0.29) is 18.0 Å². The summed E-state index contributed by atoms with van der Waals surface area (Å²) in [5, 5.41) is 0.499. The number of carbonyl (C=O) groups excluding carboxylic acids is 1. The monoisotopic (exact) mass is 531 g/mol. The predicted octanol–water partition coefficient (Wildman–Crippen LogP) is 5.13. The average molecular weight is 533 g/mol. The van der Waals surface area contributed by atoms with Gasteiger partial charge >= 0.3 is 0 Å². The largest absolute Gasteiger partial charge is 0.379 e. The zero-order valence-corrected chi connectivity index (χ0v) is 19.7. The lowest BCUT2D eigenvalue weighted by Crippen LogP contribution is -2.39. The fourth-order valence-corrected chi connectivity index (χ4v) is 4.91. The summed E-state index contributed by atoms with van der Waals surface area (Å²) in [6.45, 7) is 4.31. The highest BCUT2D eigenvalue weighted by Crippen LogP contribution is 2.32. The van der Waals surface area contributed by atoms with Crippen LogP contribution in [-0.2, 0) is 4.74 Å². The highest BCUT2D eigenvalue weighted by atomic mass is 79.9. The molecule has 5 nitrogen and oxygen atoms in total. The van der Waals surface area contributed by atoms with E-state index in [0.29, 0.717) is 31.3 Å². The molecule has 2 aromatic carbocycles. The van der Waals surface area contributed by atoms with E-state index in [1.165, 1.54) is 22.3 Å². The van der Waals surface area contributed by atoms with Gasteiger partial charge in [-0.05, 0) is 36.8 Å². The maximum Gasteiger partial charge on any atom is 0.263 e. The molecule has 2 heterocycles. The van der Waals surface area contributed by atoms with Gasteiger partial charge in [-0.25, -0.2) is 13.8 Å². The van der Waals surface area contributed by atoms with Crippen LogP contribution in [0, 0.1) is 11.6 Å². The van der Waals surface area contributed by atoms with Crippen molar-refractivity contribution in [2.75, 3.05) is 44.3 Å².